The minimum absolute atomic E-state index is 0.0640. The molecule has 33 heavy (non-hydrogen) atoms. The third-order valence-corrected chi connectivity index (χ3v) is 6.88. The first kappa shape index (κ1) is 23.8. The molecule has 0 atom stereocenters. The molecule has 0 unspecified atom stereocenters. The van der Waals surface area contributed by atoms with Crippen molar-refractivity contribution in [1.29, 1.82) is 0 Å². The SMILES string of the molecule is Cc1cc(Br)ccc1Nc1ccccc1C(=O)Nc1ccc(N2CCNC(C)(C)C2)c(Br)c1. The summed E-state index contributed by atoms with van der Waals surface area (Å²) in [6, 6.07) is 19.6. The first-order chi connectivity index (χ1) is 15.7. The van der Waals surface area contributed by atoms with Gasteiger partial charge in [0.25, 0.3) is 5.91 Å². The highest BCUT2D eigenvalue weighted by molar-refractivity contribution is 9.10. The number of rotatable bonds is 5. The van der Waals surface area contributed by atoms with E-state index in [4.69, 9.17) is 0 Å². The zero-order valence-electron chi connectivity index (χ0n) is 19.0. The second-order valence-electron chi connectivity index (χ2n) is 8.98. The van der Waals surface area contributed by atoms with Crippen molar-refractivity contribution in [3.05, 3.63) is 80.7 Å². The number of carbonyl (C=O) groups excluding carboxylic acids is 1. The molecule has 0 saturated carbocycles. The normalized spacial score (nSPS) is 15.2. The van der Waals surface area contributed by atoms with Crippen molar-refractivity contribution >= 4 is 60.5 Å². The van der Waals surface area contributed by atoms with Gasteiger partial charge in [-0.1, -0.05) is 28.1 Å². The van der Waals surface area contributed by atoms with Crippen molar-refractivity contribution in [3.8, 4) is 0 Å². The Morgan fingerprint density at radius 3 is 2.55 bits per heavy atom. The van der Waals surface area contributed by atoms with E-state index < -0.39 is 0 Å². The summed E-state index contributed by atoms with van der Waals surface area (Å²) in [5.41, 5.74) is 5.35. The van der Waals surface area contributed by atoms with Crippen molar-refractivity contribution in [3.63, 3.8) is 0 Å². The zero-order valence-corrected chi connectivity index (χ0v) is 22.2. The van der Waals surface area contributed by atoms with Crippen LogP contribution < -0.4 is 20.9 Å². The molecule has 3 aromatic rings. The summed E-state index contributed by atoms with van der Waals surface area (Å²) in [5, 5.41) is 9.99. The lowest BCUT2D eigenvalue weighted by Gasteiger charge is -2.40. The van der Waals surface area contributed by atoms with Crippen LogP contribution in [0.4, 0.5) is 22.7 Å². The molecule has 1 aliphatic heterocycles. The summed E-state index contributed by atoms with van der Waals surface area (Å²) in [6.07, 6.45) is 0. The Bertz CT molecular complexity index is 1180. The summed E-state index contributed by atoms with van der Waals surface area (Å²) in [6.45, 7) is 9.27. The Morgan fingerprint density at radius 1 is 1.03 bits per heavy atom. The first-order valence-corrected chi connectivity index (χ1v) is 12.5. The molecule has 1 aliphatic rings. The first-order valence-electron chi connectivity index (χ1n) is 10.9. The number of benzene rings is 3. The van der Waals surface area contributed by atoms with Gasteiger partial charge >= 0.3 is 0 Å². The van der Waals surface area contributed by atoms with Crippen LogP contribution in [0, 0.1) is 6.92 Å². The quantitative estimate of drug-likeness (QED) is 0.319. The molecule has 3 N–H and O–H groups in total. The number of anilines is 4. The number of nitrogens with zero attached hydrogens (tertiary/aromatic N) is 1. The Balaban J connectivity index is 1.51. The second-order valence-corrected chi connectivity index (χ2v) is 10.8. The van der Waals surface area contributed by atoms with E-state index in [9.17, 15) is 4.79 Å². The Hall–Kier alpha value is -2.35. The van der Waals surface area contributed by atoms with Gasteiger partial charge in [-0.2, -0.15) is 0 Å². The minimum Gasteiger partial charge on any atom is -0.368 e. The molecule has 0 aliphatic carbocycles. The fourth-order valence-electron chi connectivity index (χ4n) is 4.09. The van der Waals surface area contributed by atoms with E-state index in [0.717, 1.165) is 56.9 Å². The summed E-state index contributed by atoms with van der Waals surface area (Å²) in [5.74, 6) is -0.157. The molecule has 4 rings (SSSR count). The van der Waals surface area contributed by atoms with Gasteiger partial charge in [-0.3, -0.25) is 4.79 Å². The molecule has 0 radical (unpaired) electrons. The van der Waals surface area contributed by atoms with Gasteiger partial charge in [-0.05, 0) is 90.8 Å². The van der Waals surface area contributed by atoms with Crippen molar-refractivity contribution in [2.75, 3.05) is 35.2 Å². The smallest absolute Gasteiger partial charge is 0.257 e. The van der Waals surface area contributed by atoms with Crippen LogP contribution in [0.2, 0.25) is 0 Å². The molecule has 5 nitrogen and oxygen atoms in total. The maximum Gasteiger partial charge on any atom is 0.257 e. The van der Waals surface area contributed by atoms with Gasteiger partial charge in [0.05, 0.1) is 16.9 Å². The highest BCUT2D eigenvalue weighted by Gasteiger charge is 2.26. The lowest BCUT2D eigenvalue weighted by atomic mass is 10.0. The largest absolute Gasteiger partial charge is 0.368 e. The standard InChI is InChI=1S/C26H28Br2N4O/c1-17-14-18(27)8-10-22(17)31-23-7-5-4-6-20(23)25(33)30-19-9-11-24(21(28)15-19)32-13-12-29-26(2,3)16-32/h4-11,14-15,29,31H,12-13,16H2,1-3H3,(H,30,33). The molecule has 1 heterocycles. The molecule has 1 saturated heterocycles. The number of carbonyl (C=O) groups is 1. The summed E-state index contributed by atoms with van der Waals surface area (Å²) >= 11 is 7.21. The molecule has 0 aromatic heterocycles. The molecular formula is C26H28Br2N4O. The highest BCUT2D eigenvalue weighted by atomic mass is 79.9. The van der Waals surface area contributed by atoms with Crippen LogP contribution >= 0.6 is 31.9 Å². The van der Waals surface area contributed by atoms with Crippen LogP contribution in [0.25, 0.3) is 0 Å². The molecule has 172 valence electrons. The fraction of sp³-hybridized carbons (Fsp3) is 0.269. The van der Waals surface area contributed by atoms with Crippen molar-refractivity contribution < 1.29 is 4.79 Å². The van der Waals surface area contributed by atoms with E-state index in [2.05, 4.69) is 72.6 Å². The number of halogens is 2. The average Bonchev–Trinajstić information content (AvgIpc) is 2.75. The van der Waals surface area contributed by atoms with E-state index in [1.165, 1.54) is 0 Å². The zero-order chi connectivity index (χ0) is 23.6. The monoisotopic (exact) mass is 570 g/mol. The van der Waals surface area contributed by atoms with Gasteiger partial charge in [0, 0.05) is 45.5 Å². The Labute approximate surface area is 212 Å². The lowest BCUT2D eigenvalue weighted by Crippen LogP contribution is -2.57. The number of amides is 1. The number of nitrogens with one attached hydrogen (secondary N) is 3. The summed E-state index contributed by atoms with van der Waals surface area (Å²) in [7, 11) is 0. The Morgan fingerprint density at radius 2 is 1.82 bits per heavy atom. The van der Waals surface area contributed by atoms with Gasteiger partial charge in [-0.15, -0.1) is 0 Å². The third kappa shape index (κ3) is 5.78. The van der Waals surface area contributed by atoms with Gasteiger partial charge in [0.2, 0.25) is 0 Å². The maximum absolute atomic E-state index is 13.2. The maximum atomic E-state index is 13.2. The van der Waals surface area contributed by atoms with Crippen molar-refractivity contribution in [1.82, 2.24) is 5.32 Å². The van der Waals surface area contributed by atoms with E-state index in [-0.39, 0.29) is 11.4 Å². The number of hydrogen-bond donors (Lipinski definition) is 3. The number of para-hydroxylation sites is 1. The molecule has 1 fully saturated rings. The van der Waals surface area contributed by atoms with Gasteiger partial charge < -0.3 is 20.9 Å². The van der Waals surface area contributed by atoms with Crippen LogP contribution in [0.1, 0.15) is 29.8 Å². The lowest BCUT2D eigenvalue weighted by molar-refractivity contribution is 0.102. The molecule has 1 amide bonds. The predicted octanol–water partition coefficient (Wildman–Crippen LogP) is 6.70. The van der Waals surface area contributed by atoms with Crippen molar-refractivity contribution in [2.24, 2.45) is 0 Å². The Kier molecular flexibility index (Phi) is 7.12. The van der Waals surface area contributed by atoms with E-state index in [1.54, 1.807) is 0 Å². The topological polar surface area (TPSA) is 56.4 Å². The molecule has 0 spiro atoms. The summed E-state index contributed by atoms with van der Waals surface area (Å²) in [4.78, 5) is 15.5. The third-order valence-electron chi connectivity index (χ3n) is 5.75. The van der Waals surface area contributed by atoms with Crippen LogP contribution in [0.3, 0.4) is 0 Å². The van der Waals surface area contributed by atoms with Gasteiger partial charge in [0.15, 0.2) is 0 Å². The van der Waals surface area contributed by atoms with Crippen LogP contribution in [-0.2, 0) is 0 Å². The van der Waals surface area contributed by atoms with E-state index in [0.29, 0.717) is 5.56 Å². The van der Waals surface area contributed by atoms with Gasteiger partial charge in [0.1, 0.15) is 0 Å². The second kappa shape index (κ2) is 9.87. The average molecular weight is 572 g/mol. The van der Waals surface area contributed by atoms with Crippen LogP contribution in [0.15, 0.2) is 69.6 Å². The predicted molar refractivity (Wildman–Crippen MR) is 145 cm³/mol. The summed E-state index contributed by atoms with van der Waals surface area (Å²) < 4.78 is 1.99. The number of hydrogen-bond acceptors (Lipinski definition) is 4. The van der Waals surface area contributed by atoms with E-state index in [1.807, 2.05) is 61.5 Å². The highest BCUT2D eigenvalue weighted by Crippen LogP contribution is 2.32. The molecule has 0 bridgehead atoms. The van der Waals surface area contributed by atoms with E-state index >= 15 is 0 Å². The molecular weight excluding hydrogens is 544 g/mol. The fourth-order valence-corrected chi connectivity index (χ4v) is 5.19. The van der Waals surface area contributed by atoms with Gasteiger partial charge in [-0.25, -0.2) is 0 Å². The molecule has 7 heteroatoms. The molecule has 3 aromatic carbocycles. The van der Waals surface area contributed by atoms with Crippen molar-refractivity contribution in [2.45, 2.75) is 26.3 Å². The number of piperazine rings is 1. The van der Waals surface area contributed by atoms with Crippen LogP contribution in [-0.4, -0.2) is 31.1 Å². The number of aryl methyl sites for hydroxylation is 1. The van der Waals surface area contributed by atoms with Crippen LogP contribution in [0.5, 0.6) is 0 Å². The minimum atomic E-state index is -0.157.